The van der Waals surface area contributed by atoms with Gasteiger partial charge in [-0.15, -0.1) is 0 Å². The number of carbonyl (C=O) groups is 2. The van der Waals surface area contributed by atoms with Crippen molar-refractivity contribution in [2.45, 2.75) is 70.4 Å². The number of fused-ring (bicyclic) bond motifs is 2. The van der Waals surface area contributed by atoms with Crippen LogP contribution >= 0.6 is 0 Å². The standard InChI is InChI=1S/C34H41NO9/c1-20-6-13-27-21(2)31(41-32-34(27)26(20)16-17-33(3,42-32)43-44-34)35-30(37)19-40-24-10-7-22(8-11-24)28(36)14-9-23-18-25(38-4)12-15-29(23)39-5/h7-12,14-15,18,20-21,26-27,31-32H,6,13,16-17,19H2,1-5H3,(H,35,37)/b14-9+/t20-,21-,26+,27+,31-,32-,33+,34-/m1/s1. The molecule has 1 amide bonds. The molecule has 4 aliphatic heterocycles. The summed E-state index contributed by atoms with van der Waals surface area (Å²) >= 11 is 0. The number of carbonyl (C=O) groups excluding carboxylic acids is 2. The molecule has 4 saturated heterocycles. The minimum Gasteiger partial charge on any atom is -0.497 e. The fourth-order valence-corrected chi connectivity index (χ4v) is 7.37. The summed E-state index contributed by atoms with van der Waals surface area (Å²) in [6.07, 6.45) is 5.69. The molecule has 2 bridgehead atoms. The highest BCUT2D eigenvalue weighted by molar-refractivity contribution is 6.07. The van der Waals surface area contributed by atoms with Crippen molar-refractivity contribution in [1.29, 1.82) is 0 Å². The second-order valence-corrected chi connectivity index (χ2v) is 12.5. The number of benzene rings is 2. The summed E-state index contributed by atoms with van der Waals surface area (Å²) < 4.78 is 29.2. The molecule has 1 saturated carbocycles. The first-order chi connectivity index (χ1) is 21.2. The van der Waals surface area contributed by atoms with Gasteiger partial charge in [-0.3, -0.25) is 9.59 Å². The SMILES string of the molecule is COc1ccc(OC)c(/C=C/C(=O)c2ccc(OCC(=O)N[C@@H]3O[C@@H]4O[C@]5(C)CC[C@H]6[C@H](C)CC[C@@H]([C@H]3C)[C@@]46OO5)cc2)c1. The average Bonchev–Trinajstić information content (AvgIpc) is 3.27. The lowest BCUT2D eigenvalue weighted by molar-refractivity contribution is -0.571. The maximum atomic E-state index is 13.0. The summed E-state index contributed by atoms with van der Waals surface area (Å²) in [4.78, 5) is 37.8. The van der Waals surface area contributed by atoms with Crippen molar-refractivity contribution in [3.05, 3.63) is 59.7 Å². The molecule has 4 heterocycles. The van der Waals surface area contributed by atoms with Gasteiger partial charge in [0.05, 0.1) is 14.2 Å². The zero-order valence-electron chi connectivity index (χ0n) is 25.9. The number of nitrogens with one attached hydrogen (secondary N) is 1. The van der Waals surface area contributed by atoms with Gasteiger partial charge in [0.2, 0.25) is 5.79 Å². The number of rotatable bonds is 9. The molecule has 5 fully saturated rings. The maximum Gasteiger partial charge on any atom is 0.259 e. The van der Waals surface area contributed by atoms with E-state index in [1.165, 1.54) is 6.08 Å². The number of hydrogen-bond donors (Lipinski definition) is 1. The predicted molar refractivity (Wildman–Crippen MR) is 160 cm³/mol. The molecule has 5 aliphatic rings. The van der Waals surface area contributed by atoms with E-state index < -0.39 is 23.9 Å². The minimum atomic E-state index is -0.874. The zero-order valence-corrected chi connectivity index (χ0v) is 25.9. The lowest BCUT2D eigenvalue weighted by atomic mass is 9.58. The summed E-state index contributed by atoms with van der Waals surface area (Å²) in [5.41, 5.74) is 0.527. The minimum absolute atomic E-state index is 0.0184. The first-order valence-corrected chi connectivity index (χ1v) is 15.3. The molecule has 236 valence electrons. The topological polar surface area (TPSA) is 111 Å². The molecule has 44 heavy (non-hydrogen) atoms. The van der Waals surface area contributed by atoms with Crippen molar-refractivity contribution in [1.82, 2.24) is 5.32 Å². The molecule has 0 radical (unpaired) electrons. The van der Waals surface area contributed by atoms with Gasteiger partial charge in [0.25, 0.3) is 5.91 Å². The van der Waals surface area contributed by atoms with Gasteiger partial charge in [0.1, 0.15) is 23.5 Å². The number of ether oxygens (including phenoxy) is 5. The number of amides is 1. The predicted octanol–water partition coefficient (Wildman–Crippen LogP) is 5.30. The molecule has 0 aromatic heterocycles. The van der Waals surface area contributed by atoms with E-state index in [0.29, 0.717) is 28.7 Å². The van der Waals surface area contributed by atoms with E-state index in [1.807, 2.05) is 6.92 Å². The normalized spacial score (nSPS) is 34.1. The third kappa shape index (κ3) is 5.60. The van der Waals surface area contributed by atoms with Crippen molar-refractivity contribution in [2.75, 3.05) is 20.8 Å². The molecule has 1 spiro atoms. The third-order valence-electron chi connectivity index (χ3n) is 9.82. The van der Waals surface area contributed by atoms with Crippen LogP contribution in [0.5, 0.6) is 17.2 Å². The van der Waals surface area contributed by atoms with Gasteiger partial charge in [-0.2, -0.15) is 0 Å². The number of ketones is 1. The Morgan fingerprint density at radius 2 is 1.75 bits per heavy atom. The van der Waals surface area contributed by atoms with Crippen molar-refractivity contribution < 1.29 is 43.0 Å². The summed E-state index contributed by atoms with van der Waals surface area (Å²) in [6, 6.07) is 12.0. The molecule has 2 aromatic carbocycles. The van der Waals surface area contributed by atoms with Gasteiger partial charge >= 0.3 is 0 Å². The highest BCUT2D eigenvalue weighted by Crippen LogP contribution is 2.60. The van der Waals surface area contributed by atoms with Crippen LogP contribution in [-0.2, 0) is 24.0 Å². The molecular weight excluding hydrogens is 566 g/mol. The lowest BCUT2D eigenvalue weighted by Crippen LogP contribution is -2.72. The molecule has 7 rings (SSSR count). The van der Waals surface area contributed by atoms with E-state index in [1.54, 1.807) is 62.8 Å². The van der Waals surface area contributed by atoms with Crippen molar-refractivity contribution in [3.8, 4) is 17.2 Å². The Balaban J connectivity index is 1.06. The fourth-order valence-electron chi connectivity index (χ4n) is 7.37. The molecular formula is C34H41NO9. The number of methoxy groups -OCH3 is 2. The van der Waals surface area contributed by atoms with Gasteiger partial charge in [0.15, 0.2) is 24.3 Å². The van der Waals surface area contributed by atoms with Crippen LogP contribution in [0.25, 0.3) is 6.08 Å². The van der Waals surface area contributed by atoms with Gasteiger partial charge in [0, 0.05) is 29.4 Å². The average molecular weight is 608 g/mol. The van der Waals surface area contributed by atoms with Gasteiger partial charge in [-0.25, -0.2) is 9.78 Å². The smallest absolute Gasteiger partial charge is 0.259 e. The van der Waals surface area contributed by atoms with Crippen LogP contribution < -0.4 is 19.5 Å². The van der Waals surface area contributed by atoms with Crippen molar-refractivity contribution in [3.63, 3.8) is 0 Å². The molecule has 1 N–H and O–H groups in total. The van der Waals surface area contributed by atoms with E-state index in [9.17, 15) is 9.59 Å². The van der Waals surface area contributed by atoms with Crippen LogP contribution in [0.3, 0.4) is 0 Å². The van der Waals surface area contributed by atoms with Crippen LogP contribution in [0.4, 0.5) is 0 Å². The van der Waals surface area contributed by atoms with E-state index in [2.05, 4.69) is 19.2 Å². The Hall–Kier alpha value is -3.44. The first kappa shape index (κ1) is 30.6. The van der Waals surface area contributed by atoms with Gasteiger partial charge < -0.3 is 29.0 Å². The van der Waals surface area contributed by atoms with Crippen LogP contribution in [0.1, 0.15) is 62.4 Å². The molecule has 1 aliphatic carbocycles. The lowest BCUT2D eigenvalue weighted by Gasteiger charge is -2.60. The van der Waals surface area contributed by atoms with Crippen LogP contribution in [-0.4, -0.2) is 56.4 Å². The van der Waals surface area contributed by atoms with Crippen LogP contribution in [0.2, 0.25) is 0 Å². The summed E-state index contributed by atoms with van der Waals surface area (Å²) in [5, 5.41) is 3.01. The van der Waals surface area contributed by atoms with E-state index in [-0.39, 0.29) is 36.1 Å². The maximum absolute atomic E-state index is 13.0. The van der Waals surface area contributed by atoms with Crippen LogP contribution in [0, 0.1) is 23.7 Å². The molecule has 0 unspecified atom stereocenters. The van der Waals surface area contributed by atoms with Gasteiger partial charge in [-0.05, 0) is 92.6 Å². The highest BCUT2D eigenvalue weighted by atomic mass is 17.3. The fraction of sp³-hybridized carbons (Fsp3) is 0.529. The van der Waals surface area contributed by atoms with Crippen LogP contribution in [0.15, 0.2) is 48.5 Å². The van der Waals surface area contributed by atoms with Gasteiger partial charge in [-0.1, -0.05) is 13.8 Å². The third-order valence-corrected chi connectivity index (χ3v) is 9.82. The summed E-state index contributed by atoms with van der Waals surface area (Å²) in [6.45, 7) is 6.04. The molecule has 10 nitrogen and oxygen atoms in total. The van der Waals surface area contributed by atoms with E-state index in [0.717, 1.165) is 31.2 Å². The summed E-state index contributed by atoms with van der Waals surface area (Å²) in [7, 11) is 3.15. The zero-order chi connectivity index (χ0) is 31.1. The summed E-state index contributed by atoms with van der Waals surface area (Å²) in [5.74, 6) is 1.22. The Bertz CT molecular complexity index is 1410. The van der Waals surface area contributed by atoms with Crippen molar-refractivity contribution >= 4 is 17.8 Å². The molecule has 10 heteroatoms. The highest BCUT2D eigenvalue weighted by Gasteiger charge is 2.69. The number of allylic oxidation sites excluding steroid dienone is 1. The van der Waals surface area contributed by atoms with Crippen molar-refractivity contribution in [2.24, 2.45) is 23.7 Å². The monoisotopic (exact) mass is 607 g/mol. The largest absolute Gasteiger partial charge is 0.497 e. The second-order valence-electron chi connectivity index (χ2n) is 12.5. The first-order valence-electron chi connectivity index (χ1n) is 15.3. The Morgan fingerprint density at radius 1 is 0.977 bits per heavy atom. The van der Waals surface area contributed by atoms with E-state index >= 15 is 0 Å². The number of hydrogen-bond acceptors (Lipinski definition) is 9. The quantitative estimate of drug-likeness (QED) is 0.231. The second kappa shape index (κ2) is 12.2. The Morgan fingerprint density at radius 3 is 2.50 bits per heavy atom. The Labute approximate surface area is 257 Å². The molecule has 2 aromatic rings. The molecule has 8 atom stereocenters. The van der Waals surface area contributed by atoms with E-state index in [4.69, 9.17) is 33.5 Å². The Kier molecular flexibility index (Phi) is 8.45.